The Labute approximate surface area is 133 Å². The second kappa shape index (κ2) is 5.73. The maximum atomic E-state index is 12.0. The quantitative estimate of drug-likeness (QED) is 0.636. The average molecular weight is 455 g/mol. The van der Waals surface area contributed by atoms with Crippen molar-refractivity contribution in [1.29, 1.82) is 0 Å². The van der Waals surface area contributed by atoms with Gasteiger partial charge < -0.3 is 11.1 Å². The molecule has 1 amide bonds. The molecule has 94 valence electrons. The third kappa shape index (κ3) is 3.14. The minimum absolute atomic E-state index is 0.150. The Bertz CT molecular complexity index is 593. The van der Waals surface area contributed by atoms with E-state index in [1.54, 1.807) is 24.3 Å². The van der Waals surface area contributed by atoms with Crippen LogP contribution in [0, 0.1) is 0 Å². The standard InChI is InChI=1S/C11H7Br3N2OS/c12-6-3-5(1-2-8(6)15)16-11(17)9-4-7(13)10(14)18-9/h1-4H,15H2,(H,16,17). The second-order valence-corrected chi connectivity index (χ2v) is 7.50. The van der Waals surface area contributed by atoms with Crippen molar-refractivity contribution in [3.8, 4) is 0 Å². The number of rotatable bonds is 2. The second-order valence-electron chi connectivity index (χ2n) is 3.42. The molecule has 1 aromatic heterocycles. The number of anilines is 2. The van der Waals surface area contributed by atoms with Gasteiger partial charge in [-0.05, 0) is 72.1 Å². The molecule has 1 aromatic carbocycles. The molecule has 0 bridgehead atoms. The topological polar surface area (TPSA) is 55.1 Å². The molecule has 0 aliphatic heterocycles. The minimum atomic E-state index is -0.150. The number of carbonyl (C=O) groups is 1. The van der Waals surface area contributed by atoms with Gasteiger partial charge in [-0.25, -0.2) is 0 Å². The maximum Gasteiger partial charge on any atom is 0.265 e. The third-order valence-electron chi connectivity index (χ3n) is 2.13. The summed E-state index contributed by atoms with van der Waals surface area (Å²) >= 11 is 11.4. The van der Waals surface area contributed by atoms with Gasteiger partial charge in [0.05, 0.1) is 8.66 Å². The van der Waals surface area contributed by atoms with Crippen molar-refractivity contribution in [1.82, 2.24) is 0 Å². The van der Waals surface area contributed by atoms with Gasteiger partial charge in [0.15, 0.2) is 0 Å². The lowest BCUT2D eigenvalue weighted by Gasteiger charge is -2.05. The van der Waals surface area contributed by atoms with Gasteiger partial charge in [-0.3, -0.25) is 4.79 Å². The highest BCUT2D eigenvalue weighted by Crippen LogP contribution is 2.33. The molecule has 18 heavy (non-hydrogen) atoms. The van der Waals surface area contributed by atoms with Gasteiger partial charge in [0.25, 0.3) is 5.91 Å². The van der Waals surface area contributed by atoms with E-state index in [1.165, 1.54) is 11.3 Å². The van der Waals surface area contributed by atoms with Crippen LogP contribution in [0.4, 0.5) is 11.4 Å². The number of nitrogens with one attached hydrogen (secondary N) is 1. The number of thiophene rings is 1. The number of nitrogen functional groups attached to an aromatic ring is 1. The van der Waals surface area contributed by atoms with Gasteiger partial charge in [-0.15, -0.1) is 11.3 Å². The highest BCUT2D eigenvalue weighted by molar-refractivity contribution is 9.13. The van der Waals surface area contributed by atoms with Crippen LogP contribution in [0.3, 0.4) is 0 Å². The molecule has 0 saturated carbocycles. The van der Waals surface area contributed by atoms with Gasteiger partial charge in [0, 0.05) is 20.3 Å². The fraction of sp³-hybridized carbons (Fsp3) is 0. The fourth-order valence-corrected chi connectivity index (χ4v) is 3.57. The van der Waals surface area contributed by atoms with E-state index in [0.29, 0.717) is 16.3 Å². The van der Waals surface area contributed by atoms with E-state index in [1.807, 2.05) is 0 Å². The monoisotopic (exact) mass is 452 g/mol. The lowest BCUT2D eigenvalue weighted by Crippen LogP contribution is -2.10. The van der Waals surface area contributed by atoms with Crippen molar-refractivity contribution in [2.45, 2.75) is 0 Å². The number of hydrogen-bond donors (Lipinski definition) is 2. The number of amides is 1. The van der Waals surface area contributed by atoms with Crippen LogP contribution < -0.4 is 11.1 Å². The highest BCUT2D eigenvalue weighted by atomic mass is 79.9. The van der Waals surface area contributed by atoms with E-state index in [4.69, 9.17) is 5.73 Å². The van der Waals surface area contributed by atoms with Crippen LogP contribution in [0.25, 0.3) is 0 Å². The Kier molecular flexibility index (Phi) is 4.47. The average Bonchev–Trinajstić information content (AvgIpc) is 2.65. The van der Waals surface area contributed by atoms with Crippen LogP contribution in [0.15, 0.2) is 37.0 Å². The Hall–Kier alpha value is -0.370. The molecule has 2 aromatic rings. The molecule has 0 aliphatic rings. The van der Waals surface area contributed by atoms with E-state index < -0.39 is 0 Å². The lowest BCUT2D eigenvalue weighted by molar-refractivity contribution is 0.103. The largest absolute Gasteiger partial charge is 0.398 e. The van der Waals surface area contributed by atoms with Crippen molar-refractivity contribution in [2.75, 3.05) is 11.1 Å². The first kappa shape index (κ1) is 14.0. The van der Waals surface area contributed by atoms with Crippen molar-refractivity contribution < 1.29 is 4.79 Å². The predicted molar refractivity (Wildman–Crippen MR) is 86.2 cm³/mol. The molecule has 7 heteroatoms. The highest BCUT2D eigenvalue weighted by Gasteiger charge is 2.12. The first-order valence-corrected chi connectivity index (χ1v) is 7.98. The van der Waals surface area contributed by atoms with Crippen LogP contribution >= 0.6 is 59.1 Å². The SMILES string of the molecule is Nc1ccc(NC(=O)c2cc(Br)c(Br)s2)cc1Br. The predicted octanol–water partition coefficient (Wildman–Crippen LogP) is 4.87. The van der Waals surface area contributed by atoms with Gasteiger partial charge in [-0.2, -0.15) is 0 Å². The van der Waals surface area contributed by atoms with Crippen LogP contribution in [0.1, 0.15) is 9.67 Å². The normalized spacial score (nSPS) is 10.4. The summed E-state index contributed by atoms with van der Waals surface area (Å²) in [7, 11) is 0. The van der Waals surface area contributed by atoms with Crippen LogP contribution in [-0.4, -0.2) is 5.91 Å². The molecular weight excluding hydrogens is 448 g/mol. The van der Waals surface area contributed by atoms with Gasteiger partial charge in [0.1, 0.15) is 0 Å². The summed E-state index contributed by atoms with van der Waals surface area (Å²) in [5, 5.41) is 2.81. The molecule has 3 N–H and O–H groups in total. The third-order valence-corrected chi connectivity index (χ3v) is 6.07. The minimum Gasteiger partial charge on any atom is -0.398 e. The van der Waals surface area contributed by atoms with E-state index in [2.05, 4.69) is 53.1 Å². The van der Waals surface area contributed by atoms with Crippen LogP contribution in [0.5, 0.6) is 0 Å². The number of halogens is 3. The van der Waals surface area contributed by atoms with E-state index in [9.17, 15) is 4.79 Å². The fourth-order valence-electron chi connectivity index (χ4n) is 1.26. The molecule has 0 unspecified atom stereocenters. The molecule has 0 aliphatic carbocycles. The van der Waals surface area contributed by atoms with E-state index >= 15 is 0 Å². The van der Waals surface area contributed by atoms with Crippen LogP contribution in [-0.2, 0) is 0 Å². The lowest BCUT2D eigenvalue weighted by atomic mass is 10.3. The Balaban J connectivity index is 2.18. The molecule has 3 nitrogen and oxygen atoms in total. The number of carbonyl (C=O) groups excluding carboxylic acids is 1. The summed E-state index contributed by atoms with van der Waals surface area (Å²) in [4.78, 5) is 12.6. The number of benzene rings is 1. The molecule has 0 spiro atoms. The van der Waals surface area contributed by atoms with Gasteiger partial charge in [-0.1, -0.05) is 0 Å². The van der Waals surface area contributed by atoms with Gasteiger partial charge in [0.2, 0.25) is 0 Å². The van der Waals surface area contributed by atoms with E-state index in [0.717, 1.165) is 12.7 Å². The molecule has 0 atom stereocenters. The number of hydrogen-bond acceptors (Lipinski definition) is 3. The summed E-state index contributed by atoms with van der Waals surface area (Å²) in [5.41, 5.74) is 7.01. The Morgan fingerprint density at radius 2 is 1.89 bits per heavy atom. The van der Waals surface area contributed by atoms with Crippen molar-refractivity contribution in [3.05, 3.63) is 41.9 Å². The summed E-state index contributed by atoms with van der Waals surface area (Å²) in [5.74, 6) is -0.150. The molecule has 0 saturated heterocycles. The molecule has 1 heterocycles. The maximum absolute atomic E-state index is 12.0. The Morgan fingerprint density at radius 3 is 2.44 bits per heavy atom. The zero-order valence-electron chi connectivity index (χ0n) is 8.84. The molecule has 0 radical (unpaired) electrons. The summed E-state index contributed by atoms with van der Waals surface area (Å²) in [6, 6.07) is 7.04. The zero-order chi connectivity index (χ0) is 13.3. The molecule has 2 rings (SSSR count). The zero-order valence-corrected chi connectivity index (χ0v) is 14.4. The van der Waals surface area contributed by atoms with Crippen molar-refractivity contribution in [2.24, 2.45) is 0 Å². The summed E-state index contributed by atoms with van der Waals surface area (Å²) < 4.78 is 2.52. The summed E-state index contributed by atoms with van der Waals surface area (Å²) in [6.07, 6.45) is 0. The Morgan fingerprint density at radius 1 is 1.17 bits per heavy atom. The smallest absolute Gasteiger partial charge is 0.265 e. The van der Waals surface area contributed by atoms with Gasteiger partial charge >= 0.3 is 0 Å². The van der Waals surface area contributed by atoms with Crippen molar-refractivity contribution >= 4 is 76.4 Å². The molecule has 0 fully saturated rings. The first-order chi connectivity index (χ1) is 8.47. The van der Waals surface area contributed by atoms with E-state index in [-0.39, 0.29) is 5.91 Å². The molecular formula is C11H7Br3N2OS. The first-order valence-electron chi connectivity index (χ1n) is 4.78. The van der Waals surface area contributed by atoms with Crippen molar-refractivity contribution in [3.63, 3.8) is 0 Å². The summed E-state index contributed by atoms with van der Waals surface area (Å²) in [6.45, 7) is 0. The number of nitrogens with two attached hydrogens (primary N) is 1. The van der Waals surface area contributed by atoms with Crippen LogP contribution in [0.2, 0.25) is 0 Å².